The number of hydrogen-bond acceptors (Lipinski definition) is 2. The number of para-hydroxylation sites is 2. The summed E-state index contributed by atoms with van der Waals surface area (Å²) in [6, 6.07) is 35.8. The molecule has 2 aromatic heterocycles. The van der Waals surface area contributed by atoms with Crippen molar-refractivity contribution in [2.45, 2.75) is 19.3 Å². The molecule has 2 heterocycles. The molecule has 37 heavy (non-hydrogen) atoms. The summed E-state index contributed by atoms with van der Waals surface area (Å²) in [5, 5.41) is 4.92. The van der Waals surface area contributed by atoms with Gasteiger partial charge in [0.15, 0.2) is 0 Å². The number of fused-ring (bicyclic) bond motifs is 10. The second-order valence-corrected chi connectivity index (χ2v) is 10.5. The zero-order chi connectivity index (χ0) is 24.9. The highest BCUT2D eigenvalue weighted by Crippen LogP contribution is 2.52. The first-order valence-corrected chi connectivity index (χ1v) is 12.7. The molecule has 0 atom stereocenters. The summed E-state index contributed by atoms with van der Waals surface area (Å²) in [7, 11) is 0. The predicted molar refractivity (Wildman–Crippen MR) is 152 cm³/mol. The highest BCUT2D eigenvalue weighted by atomic mass is 16.4. The van der Waals surface area contributed by atoms with E-state index in [4.69, 9.17) is 4.42 Å². The molecule has 3 heteroatoms. The molecule has 0 spiro atoms. The van der Waals surface area contributed by atoms with Crippen molar-refractivity contribution in [2.24, 2.45) is 0 Å². The van der Waals surface area contributed by atoms with Gasteiger partial charge in [-0.05, 0) is 52.6 Å². The molecule has 5 aromatic carbocycles. The Hall–Kier alpha value is -4.63. The van der Waals surface area contributed by atoms with Crippen molar-refractivity contribution in [1.82, 2.24) is 4.57 Å². The molecule has 0 unspecified atom stereocenters. The minimum absolute atomic E-state index is 0.151. The van der Waals surface area contributed by atoms with Crippen LogP contribution in [0.4, 0.5) is 0 Å². The van der Waals surface area contributed by atoms with Crippen molar-refractivity contribution >= 4 is 43.5 Å². The van der Waals surface area contributed by atoms with Crippen LogP contribution >= 0.6 is 0 Å². The monoisotopic (exact) mass is 477 g/mol. The third kappa shape index (κ3) is 2.58. The first-order valence-electron chi connectivity index (χ1n) is 12.7. The number of hydrogen-bond donors (Lipinski definition) is 0. The average molecular weight is 478 g/mol. The lowest BCUT2D eigenvalue weighted by Gasteiger charge is -2.23. The van der Waals surface area contributed by atoms with Gasteiger partial charge in [0.05, 0.1) is 16.4 Å². The van der Waals surface area contributed by atoms with E-state index in [1.807, 2.05) is 36.4 Å². The van der Waals surface area contributed by atoms with Gasteiger partial charge in [-0.1, -0.05) is 86.6 Å². The van der Waals surface area contributed by atoms with Gasteiger partial charge in [-0.25, -0.2) is 4.79 Å². The normalized spacial score (nSPS) is 14.0. The molecule has 8 rings (SSSR count). The van der Waals surface area contributed by atoms with Gasteiger partial charge >= 0.3 is 5.63 Å². The Morgan fingerprint density at radius 2 is 1.38 bits per heavy atom. The van der Waals surface area contributed by atoms with Crippen molar-refractivity contribution < 1.29 is 4.42 Å². The van der Waals surface area contributed by atoms with E-state index in [-0.39, 0.29) is 11.0 Å². The van der Waals surface area contributed by atoms with Crippen molar-refractivity contribution in [2.75, 3.05) is 0 Å². The largest absolute Gasteiger partial charge is 0.422 e. The van der Waals surface area contributed by atoms with Crippen molar-refractivity contribution in [3.8, 4) is 16.8 Å². The van der Waals surface area contributed by atoms with Gasteiger partial charge < -0.3 is 8.98 Å². The molecule has 0 bridgehead atoms. The molecule has 0 aliphatic heterocycles. The highest BCUT2D eigenvalue weighted by molar-refractivity contribution is 6.13. The lowest BCUT2D eigenvalue weighted by molar-refractivity contribution is 0.569. The summed E-state index contributed by atoms with van der Waals surface area (Å²) in [4.78, 5) is 12.8. The van der Waals surface area contributed by atoms with Gasteiger partial charge in [0.25, 0.3) is 0 Å². The van der Waals surface area contributed by atoms with Crippen molar-refractivity contribution in [3.63, 3.8) is 0 Å². The van der Waals surface area contributed by atoms with E-state index >= 15 is 0 Å². The molecule has 3 nitrogen and oxygen atoms in total. The molecule has 0 saturated carbocycles. The van der Waals surface area contributed by atoms with E-state index < -0.39 is 0 Å². The molecule has 0 fully saturated rings. The number of aromatic nitrogens is 1. The molecule has 0 saturated heterocycles. The first kappa shape index (κ1) is 20.6. The minimum Gasteiger partial charge on any atom is -0.422 e. The van der Waals surface area contributed by atoms with Gasteiger partial charge in [0.1, 0.15) is 5.58 Å². The van der Waals surface area contributed by atoms with E-state index in [1.54, 1.807) is 0 Å². The molecule has 1 aliphatic rings. The fraction of sp³-hybridized carbons (Fsp3) is 0.0882. The zero-order valence-corrected chi connectivity index (χ0v) is 20.6. The second kappa shape index (κ2) is 6.98. The zero-order valence-electron chi connectivity index (χ0n) is 20.6. The van der Waals surface area contributed by atoms with Crippen LogP contribution in [0.1, 0.15) is 25.0 Å². The van der Waals surface area contributed by atoms with Crippen LogP contribution in [-0.2, 0) is 5.41 Å². The van der Waals surface area contributed by atoms with Crippen LogP contribution in [0.2, 0.25) is 0 Å². The summed E-state index contributed by atoms with van der Waals surface area (Å²) in [5.74, 6) is 0. The third-order valence-electron chi connectivity index (χ3n) is 8.21. The van der Waals surface area contributed by atoms with Crippen LogP contribution in [0.15, 0.2) is 112 Å². The minimum atomic E-state index is -0.306. The Morgan fingerprint density at radius 1 is 0.649 bits per heavy atom. The molecule has 0 N–H and O–H groups in total. The number of rotatable bonds is 1. The van der Waals surface area contributed by atoms with Crippen LogP contribution < -0.4 is 5.63 Å². The van der Waals surface area contributed by atoms with E-state index in [0.717, 1.165) is 22.0 Å². The maximum absolute atomic E-state index is 12.8. The Morgan fingerprint density at radius 3 is 2.27 bits per heavy atom. The predicted octanol–water partition coefficient (Wildman–Crippen LogP) is 8.35. The summed E-state index contributed by atoms with van der Waals surface area (Å²) in [6.07, 6.45) is 0. The fourth-order valence-electron chi connectivity index (χ4n) is 6.59. The summed E-state index contributed by atoms with van der Waals surface area (Å²) < 4.78 is 8.00. The van der Waals surface area contributed by atoms with Gasteiger partial charge in [0, 0.05) is 32.6 Å². The van der Waals surface area contributed by atoms with Gasteiger partial charge in [-0.3, -0.25) is 0 Å². The van der Waals surface area contributed by atoms with E-state index in [1.165, 1.54) is 38.5 Å². The maximum atomic E-state index is 12.8. The SMILES string of the molecule is CC1(C)c2ccccc2-c2ccc3c4ccccc4n(-c4ccc5c(=O)oc6ccccc6c5c4)c3c21. The van der Waals surface area contributed by atoms with Crippen LogP contribution in [-0.4, -0.2) is 4.57 Å². The Labute approximate surface area is 213 Å². The smallest absolute Gasteiger partial charge is 0.344 e. The van der Waals surface area contributed by atoms with E-state index in [0.29, 0.717) is 11.0 Å². The summed E-state index contributed by atoms with van der Waals surface area (Å²) in [5.41, 5.74) is 8.88. The Kier molecular flexibility index (Phi) is 3.88. The van der Waals surface area contributed by atoms with Crippen molar-refractivity contribution in [3.05, 3.63) is 125 Å². The Bertz CT molecular complexity index is 2140. The molecular weight excluding hydrogens is 454 g/mol. The fourth-order valence-corrected chi connectivity index (χ4v) is 6.59. The molecule has 0 amide bonds. The maximum Gasteiger partial charge on any atom is 0.344 e. The van der Waals surface area contributed by atoms with Gasteiger partial charge in [-0.15, -0.1) is 0 Å². The quantitative estimate of drug-likeness (QED) is 0.176. The van der Waals surface area contributed by atoms with Crippen LogP contribution in [0.25, 0.3) is 60.4 Å². The number of nitrogens with zero attached hydrogens (tertiary/aromatic N) is 1. The first-order chi connectivity index (χ1) is 18.0. The highest BCUT2D eigenvalue weighted by Gasteiger charge is 2.38. The molecule has 1 aliphatic carbocycles. The average Bonchev–Trinajstić information content (AvgIpc) is 3.38. The lowest BCUT2D eigenvalue weighted by atomic mass is 9.81. The van der Waals surface area contributed by atoms with Crippen molar-refractivity contribution in [1.29, 1.82) is 0 Å². The standard InChI is InChI=1S/C34H23NO2/c1-34(2)28-12-6-3-9-21(28)24-17-18-25-22-10-4-7-13-29(22)35(32(25)31(24)34)20-15-16-26-27(19-20)23-11-5-8-14-30(23)37-33(26)36/h3-19H,1-2H3. The van der Waals surface area contributed by atoms with Crippen LogP contribution in [0.3, 0.4) is 0 Å². The molecule has 0 radical (unpaired) electrons. The topological polar surface area (TPSA) is 35.1 Å². The van der Waals surface area contributed by atoms with Gasteiger partial charge in [0.2, 0.25) is 0 Å². The number of benzene rings is 5. The van der Waals surface area contributed by atoms with Gasteiger partial charge in [-0.2, -0.15) is 0 Å². The summed E-state index contributed by atoms with van der Waals surface area (Å²) >= 11 is 0. The third-order valence-corrected chi connectivity index (χ3v) is 8.21. The molecular formula is C34H23NO2. The lowest BCUT2D eigenvalue weighted by Crippen LogP contribution is -2.16. The second-order valence-electron chi connectivity index (χ2n) is 10.5. The Balaban J connectivity index is 1.56. The molecule has 7 aromatic rings. The summed E-state index contributed by atoms with van der Waals surface area (Å²) in [6.45, 7) is 4.66. The van der Waals surface area contributed by atoms with Crippen LogP contribution in [0.5, 0.6) is 0 Å². The van der Waals surface area contributed by atoms with Crippen LogP contribution in [0, 0.1) is 0 Å². The van der Waals surface area contributed by atoms with E-state index in [2.05, 4.69) is 85.1 Å². The molecule has 176 valence electrons. The van der Waals surface area contributed by atoms with E-state index in [9.17, 15) is 4.79 Å².